The number of ether oxygens (including phenoxy) is 3. The third-order valence-electron chi connectivity index (χ3n) is 4.36. The summed E-state index contributed by atoms with van der Waals surface area (Å²) in [6.45, 7) is 4.42. The first-order valence-electron chi connectivity index (χ1n) is 7.41. The lowest BCUT2D eigenvalue weighted by Crippen LogP contribution is -2.47. The van der Waals surface area contributed by atoms with Crippen molar-refractivity contribution in [3.8, 4) is 5.75 Å². The van der Waals surface area contributed by atoms with Crippen molar-refractivity contribution in [2.24, 2.45) is 0 Å². The van der Waals surface area contributed by atoms with E-state index in [1.54, 1.807) is 0 Å². The Bertz CT molecular complexity index is 463. The van der Waals surface area contributed by atoms with Gasteiger partial charge in [0.15, 0.2) is 0 Å². The van der Waals surface area contributed by atoms with Crippen LogP contribution in [-0.2, 0) is 9.47 Å². The van der Waals surface area contributed by atoms with Crippen LogP contribution < -0.4 is 10.5 Å². The first-order valence-corrected chi connectivity index (χ1v) is 7.41. The molecule has 2 saturated heterocycles. The van der Waals surface area contributed by atoms with Crippen LogP contribution in [0.2, 0.25) is 0 Å². The van der Waals surface area contributed by atoms with E-state index < -0.39 is 0 Å². The molecule has 2 heterocycles. The number of anilines is 1. The molecule has 2 fully saturated rings. The van der Waals surface area contributed by atoms with Crippen LogP contribution in [0.1, 0.15) is 31.2 Å². The Balaban J connectivity index is 1.69. The molecule has 4 heteroatoms. The largest absolute Gasteiger partial charge is 0.490 e. The van der Waals surface area contributed by atoms with Gasteiger partial charge in [-0.1, -0.05) is 6.07 Å². The molecule has 1 aromatic rings. The van der Waals surface area contributed by atoms with Gasteiger partial charge in [0.25, 0.3) is 0 Å². The normalized spacial score (nSPS) is 25.6. The third-order valence-corrected chi connectivity index (χ3v) is 4.36. The lowest BCUT2D eigenvalue weighted by atomic mass is 9.85. The van der Waals surface area contributed by atoms with Gasteiger partial charge in [0, 0.05) is 37.8 Å². The van der Waals surface area contributed by atoms with Crippen LogP contribution >= 0.6 is 0 Å². The molecule has 2 aliphatic heterocycles. The number of aryl methyl sites for hydroxylation is 1. The highest BCUT2D eigenvalue weighted by Crippen LogP contribution is 2.36. The number of nitrogen functional groups attached to an aromatic ring is 1. The summed E-state index contributed by atoms with van der Waals surface area (Å²) in [4.78, 5) is 0. The number of rotatable bonds is 2. The molecule has 3 rings (SSSR count). The van der Waals surface area contributed by atoms with Crippen LogP contribution in [-0.4, -0.2) is 31.5 Å². The molecule has 2 N–H and O–H groups in total. The Labute approximate surface area is 120 Å². The molecular weight excluding hydrogens is 254 g/mol. The van der Waals surface area contributed by atoms with Crippen molar-refractivity contribution in [2.45, 2.75) is 44.3 Å². The van der Waals surface area contributed by atoms with E-state index in [4.69, 9.17) is 19.9 Å². The van der Waals surface area contributed by atoms with Crippen molar-refractivity contribution in [2.75, 3.05) is 25.6 Å². The lowest BCUT2D eigenvalue weighted by molar-refractivity contribution is -0.155. The lowest BCUT2D eigenvalue weighted by Gasteiger charge is -2.43. The van der Waals surface area contributed by atoms with Gasteiger partial charge in [-0.25, -0.2) is 0 Å². The second-order valence-corrected chi connectivity index (χ2v) is 5.90. The summed E-state index contributed by atoms with van der Waals surface area (Å²) in [6.07, 6.45) is 4.05. The first-order chi connectivity index (χ1) is 9.67. The summed E-state index contributed by atoms with van der Waals surface area (Å²) in [7, 11) is 0. The van der Waals surface area contributed by atoms with Gasteiger partial charge in [-0.05, 0) is 31.4 Å². The quantitative estimate of drug-likeness (QED) is 0.844. The molecule has 0 amide bonds. The molecule has 110 valence electrons. The van der Waals surface area contributed by atoms with Crippen molar-refractivity contribution in [1.82, 2.24) is 0 Å². The number of benzene rings is 1. The van der Waals surface area contributed by atoms with Gasteiger partial charge in [-0.15, -0.1) is 0 Å². The zero-order valence-electron chi connectivity index (χ0n) is 12.1. The highest BCUT2D eigenvalue weighted by Gasteiger charge is 2.39. The topological polar surface area (TPSA) is 53.7 Å². The molecule has 20 heavy (non-hydrogen) atoms. The van der Waals surface area contributed by atoms with Gasteiger partial charge in [0.05, 0.1) is 12.2 Å². The summed E-state index contributed by atoms with van der Waals surface area (Å²) >= 11 is 0. The standard InChI is InChI=1S/C16H23NO3/c1-12-2-3-13(17)10-15(12)20-14-4-7-19-16(11-14)5-8-18-9-6-16/h2-3,10,14H,4-9,11,17H2,1H3. The van der Waals surface area contributed by atoms with E-state index in [0.29, 0.717) is 0 Å². The minimum absolute atomic E-state index is 0.0323. The van der Waals surface area contributed by atoms with Crippen LogP contribution in [0.15, 0.2) is 18.2 Å². The smallest absolute Gasteiger partial charge is 0.124 e. The SMILES string of the molecule is Cc1ccc(N)cc1OC1CCOC2(CCOCC2)C1. The van der Waals surface area contributed by atoms with Gasteiger partial charge >= 0.3 is 0 Å². The molecule has 4 nitrogen and oxygen atoms in total. The molecule has 0 bridgehead atoms. The van der Waals surface area contributed by atoms with Crippen LogP contribution in [0, 0.1) is 6.92 Å². The molecule has 0 saturated carbocycles. The van der Waals surface area contributed by atoms with Crippen molar-refractivity contribution in [3.05, 3.63) is 23.8 Å². The second-order valence-electron chi connectivity index (χ2n) is 5.90. The van der Waals surface area contributed by atoms with E-state index in [0.717, 1.165) is 62.5 Å². The van der Waals surface area contributed by atoms with Crippen molar-refractivity contribution < 1.29 is 14.2 Å². The molecule has 1 unspecified atom stereocenters. The maximum atomic E-state index is 6.19. The number of hydrogen-bond acceptors (Lipinski definition) is 4. The average molecular weight is 277 g/mol. The first kappa shape index (κ1) is 13.7. The Morgan fingerprint density at radius 1 is 1.25 bits per heavy atom. The van der Waals surface area contributed by atoms with E-state index in [2.05, 4.69) is 6.92 Å². The zero-order chi connectivity index (χ0) is 14.0. The number of nitrogens with two attached hydrogens (primary N) is 1. The van der Waals surface area contributed by atoms with Crippen LogP contribution in [0.3, 0.4) is 0 Å². The Morgan fingerprint density at radius 3 is 2.85 bits per heavy atom. The highest BCUT2D eigenvalue weighted by molar-refractivity contribution is 5.48. The monoisotopic (exact) mass is 277 g/mol. The Kier molecular flexibility index (Phi) is 3.85. The maximum absolute atomic E-state index is 6.19. The molecule has 0 aliphatic carbocycles. The van der Waals surface area contributed by atoms with Crippen molar-refractivity contribution >= 4 is 5.69 Å². The summed E-state index contributed by atoms with van der Waals surface area (Å²) in [6, 6.07) is 5.84. The van der Waals surface area contributed by atoms with E-state index in [1.165, 1.54) is 0 Å². The summed E-state index contributed by atoms with van der Waals surface area (Å²) in [5.41, 5.74) is 7.70. The number of hydrogen-bond donors (Lipinski definition) is 1. The second kappa shape index (κ2) is 5.62. The van der Waals surface area contributed by atoms with Gasteiger partial charge in [-0.3, -0.25) is 0 Å². The van der Waals surface area contributed by atoms with Crippen LogP contribution in [0.5, 0.6) is 5.75 Å². The van der Waals surface area contributed by atoms with Crippen LogP contribution in [0.4, 0.5) is 5.69 Å². The van der Waals surface area contributed by atoms with Gasteiger partial charge < -0.3 is 19.9 Å². The van der Waals surface area contributed by atoms with Crippen molar-refractivity contribution in [1.29, 1.82) is 0 Å². The van der Waals surface area contributed by atoms with E-state index >= 15 is 0 Å². The average Bonchev–Trinajstić information content (AvgIpc) is 2.44. The molecule has 1 atom stereocenters. The summed E-state index contributed by atoms with van der Waals surface area (Å²) < 4.78 is 17.7. The Hall–Kier alpha value is -1.26. The summed E-state index contributed by atoms with van der Waals surface area (Å²) in [5.74, 6) is 0.902. The molecule has 0 radical (unpaired) electrons. The fourth-order valence-corrected chi connectivity index (χ4v) is 3.10. The van der Waals surface area contributed by atoms with E-state index in [9.17, 15) is 0 Å². The van der Waals surface area contributed by atoms with Gasteiger partial charge in [0.2, 0.25) is 0 Å². The van der Waals surface area contributed by atoms with Crippen LogP contribution in [0.25, 0.3) is 0 Å². The molecular formula is C16H23NO3. The maximum Gasteiger partial charge on any atom is 0.124 e. The third kappa shape index (κ3) is 2.91. The zero-order valence-corrected chi connectivity index (χ0v) is 12.1. The Morgan fingerprint density at radius 2 is 2.05 bits per heavy atom. The minimum atomic E-state index is -0.0323. The van der Waals surface area contributed by atoms with Gasteiger partial charge in [0.1, 0.15) is 11.9 Å². The molecule has 0 aromatic heterocycles. The summed E-state index contributed by atoms with van der Waals surface area (Å²) in [5, 5.41) is 0. The molecule has 1 spiro atoms. The predicted octanol–water partition coefficient (Wildman–Crippen LogP) is 2.68. The molecule has 1 aromatic carbocycles. The van der Waals surface area contributed by atoms with Crippen molar-refractivity contribution in [3.63, 3.8) is 0 Å². The fraction of sp³-hybridized carbons (Fsp3) is 0.625. The molecule has 2 aliphatic rings. The van der Waals surface area contributed by atoms with Gasteiger partial charge in [-0.2, -0.15) is 0 Å². The fourth-order valence-electron chi connectivity index (χ4n) is 3.10. The van der Waals surface area contributed by atoms with E-state index in [-0.39, 0.29) is 11.7 Å². The minimum Gasteiger partial charge on any atom is -0.490 e. The predicted molar refractivity (Wildman–Crippen MR) is 78.0 cm³/mol. The highest BCUT2D eigenvalue weighted by atomic mass is 16.5. The van der Waals surface area contributed by atoms with E-state index in [1.807, 2.05) is 18.2 Å².